The highest BCUT2D eigenvalue weighted by Crippen LogP contribution is 2.23. The molecule has 2 heterocycles. The molecule has 0 unspecified atom stereocenters. The van der Waals surface area contributed by atoms with Gasteiger partial charge in [0, 0.05) is 6.04 Å². The highest BCUT2D eigenvalue weighted by atomic mass is 32.2. The molecule has 0 amide bonds. The minimum atomic E-state index is -0.0622. The summed E-state index contributed by atoms with van der Waals surface area (Å²) >= 11 is 1.36. The number of hydrogen-bond donors (Lipinski definition) is 2. The van der Waals surface area contributed by atoms with E-state index in [4.69, 9.17) is 11.5 Å². The molecule has 0 saturated heterocycles. The summed E-state index contributed by atoms with van der Waals surface area (Å²) in [5.41, 5.74) is 11.8. The number of fused-ring (bicyclic) bond motifs is 1. The van der Waals surface area contributed by atoms with E-state index in [0.29, 0.717) is 27.6 Å². The molecular weight excluding hydrogens is 326 g/mol. The van der Waals surface area contributed by atoms with Gasteiger partial charge in [-0.3, -0.25) is 9.36 Å². The van der Waals surface area contributed by atoms with Crippen LogP contribution in [0.25, 0.3) is 10.9 Å². The lowest BCUT2D eigenvalue weighted by Gasteiger charge is -2.15. The summed E-state index contributed by atoms with van der Waals surface area (Å²) < 4.78 is 1.67. The van der Waals surface area contributed by atoms with Crippen LogP contribution < -0.4 is 17.0 Å². The first-order chi connectivity index (χ1) is 11.5. The fourth-order valence-electron chi connectivity index (χ4n) is 2.33. The number of para-hydroxylation sites is 1. The van der Waals surface area contributed by atoms with Crippen molar-refractivity contribution in [3.05, 3.63) is 40.4 Å². The number of nitrogens with zero attached hydrogens (tertiary/aromatic N) is 5. The van der Waals surface area contributed by atoms with Gasteiger partial charge in [0.25, 0.3) is 5.56 Å². The Labute approximate surface area is 142 Å². The molecular formula is C15H17N7OS. The summed E-state index contributed by atoms with van der Waals surface area (Å²) in [4.78, 5) is 29.2. The molecule has 8 nitrogen and oxygen atoms in total. The number of rotatable bonds is 4. The molecule has 3 aromatic rings. The van der Waals surface area contributed by atoms with Gasteiger partial charge in [0.1, 0.15) is 5.82 Å². The number of thioether (sulfide) groups is 1. The third-order valence-electron chi connectivity index (χ3n) is 3.34. The molecule has 2 aromatic heterocycles. The maximum atomic E-state index is 12.7. The maximum absolute atomic E-state index is 12.7. The first kappa shape index (κ1) is 16.2. The summed E-state index contributed by atoms with van der Waals surface area (Å²) in [6, 6.07) is 7.27. The van der Waals surface area contributed by atoms with E-state index in [9.17, 15) is 4.79 Å². The molecule has 0 aliphatic rings. The zero-order valence-corrected chi connectivity index (χ0v) is 14.1. The average Bonchev–Trinajstić information content (AvgIpc) is 2.51. The molecule has 0 bridgehead atoms. The lowest BCUT2D eigenvalue weighted by molar-refractivity contribution is 0.519. The van der Waals surface area contributed by atoms with E-state index in [1.54, 1.807) is 10.6 Å². The number of nitrogens with two attached hydrogens (primary N) is 2. The van der Waals surface area contributed by atoms with Crippen molar-refractivity contribution in [1.29, 1.82) is 0 Å². The van der Waals surface area contributed by atoms with Gasteiger partial charge in [0.15, 0.2) is 5.16 Å². The number of anilines is 2. The number of nitrogen functional groups attached to an aromatic ring is 2. The van der Waals surface area contributed by atoms with Crippen molar-refractivity contribution in [3.8, 4) is 0 Å². The van der Waals surface area contributed by atoms with Crippen LogP contribution in [0.2, 0.25) is 0 Å². The SMILES string of the molecule is CC(C)n1c(SCc2nc(N)nc(N)n2)nc2ccccc2c1=O. The van der Waals surface area contributed by atoms with Gasteiger partial charge in [0.05, 0.1) is 16.7 Å². The number of benzene rings is 1. The molecule has 0 spiro atoms. The van der Waals surface area contributed by atoms with E-state index in [1.807, 2.05) is 32.0 Å². The Morgan fingerprint density at radius 2 is 1.75 bits per heavy atom. The van der Waals surface area contributed by atoms with Crippen LogP contribution in [0.5, 0.6) is 0 Å². The van der Waals surface area contributed by atoms with Crippen molar-refractivity contribution < 1.29 is 0 Å². The third-order valence-corrected chi connectivity index (χ3v) is 4.29. The Hall–Kier alpha value is -2.68. The fraction of sp³-hybridized carbons (Fsp3) is 0.267. The van der Waals surface area contributed by atoms with Gasteiger partial charge < -0.3 is 11.5 Å². The van der Waals surface area contributed by atoms with Crippen LogP contribution in [0.3, 0.4) is 0 Å². The van der Waals surface area contributed by atoms with Crippen molar-refractivity contribution in [1.82, 2.24) is 24.5 Å². The van der Waals surface area contributed by atoms with E-state index >= 15 is 0 Å². The second-order valence-electron chi connectivity index (χ2n) is 5.44. The van der Waals surface area contributed by atoms with Gasteiger partial charge in [0.2, 0.25) is 11.9 Å². The number of aromatic nitrogens is 5. The largest absolute Gasteiger partial charge is 0.368 e. The molecule has 4 N–H and O–H groups in total. The maximum Gasteiger partial charge on any atom is 0.262 e. The predicted octanol–water partition coefficient (Wildman–Crippen LogP) is 1.62. The van der Waals surface area contributed by atoms with Crippen LogP contribution in [-0.4, -0.2) is 24.5 Å². The topological polar surface area (TPSA) is 126 Å². The minimum absolute atomic E-state index is 0.0226. The molecule has 0 atom stereocenters. The van der Waals surface area contributed by atoms with Crippen LogP contribution in [0.15, 0.2) is 34.2 Å². The number of hydrogen-bond acceptors (Lipinski definition) is 8. The Morgan fingerprint density at radius 3 is 2.42 bits per heavy atom. The molecule has 24 heavy (non-hydrogen) atoms. The standard InChI is InChI=1S/C15H17N7OS/c1-8(2)22-12(23)9-5-3-4-6-10(9)18-15(22)24-7-11-19-13(16)21-14(17)20-11/h3-6,8H,7H2,1-2H3,(H4,16,17,19,20,21). The molecule has 9 heteroatoms. The van der Waals surface area contributed by atoms with Gasteiger partial charge in [-0.1, -0.05) is 23.9 Å². The molecule has 124 valence electrons. The normalized spacial score (nSPS) is 11.3. The Balaban J connectivity index is 2.02. The molecule has 0 aliphatic carbocycles. The van der Waals surface area contributed by atoms with Crippen LogP contribution in [0.1, 0.15) is 25.7 Å². The second-order valence-corrected chi connectivity index (χ2v) is 6.38. The Kier molecular flexibility index (Phi) is 4.34. The van der Waals surface area contributed by atoms with Crippen LogP contribution in [0, 0.1) is 0 Å². The first-order valence-electron chi connectivity index (χ1n) is 7.35. The van der Waals surface area contributed by atoms with Gasteiger partial charge in [-0.15, -0.1) is 0 Å². The van der Waals surface area contributed by atoms with Gasteiger partial charge in [-0.25, -0.2) is 4.98 Å². The molecule has 0 radical (unpaired) electrons. The lowest BCUT2D eigenvalue weighted by Crippen LogP contribution is -2.25. The summed E-state index contributed by atoms with van der Waals surface area (Å²) in [6.45, 7) is 3.89. The average molecular weight is 343 g/mol. The van der Waals surface area contributed by atoms with Crippen molar-refractivity contribution in [2.45, 2.75) is 30.8 Å². The molecule has 0 saturated carbocycles. The zero-order chi connectivity index (χ0) is 17.3. The zero-order valence-electron chi connectivity index (χ0n) is 13.3. The van der Waals surface area contributed by atoms with Crippen LogP contribution in [-0.2, 0) is 5.75 Å². The van der Waals surface area contributed by atoms with Gasteiger partial charge >= 0.3 is 0 Å². The quantitative estimate of drug-likeness (QED) is 0.540. The Bertz CT molecular complexity index is 934. The van der Waals surface area contributed by atoms with Crippen molar-refractivity contribution in [2.24, 2.45) is 0 Å². The van der Waals surface area contributed by atoms with Crippen molar-refractivity contribution in [2.75, 3.05) is 11.5 Å². The molecule has 1 aromatic carbocycles. The second kappa shape index (κ2) is 6.44. The van der Waals surface area contributed by atoms with Crippen molar-refractivity contribution >= 4 is 34.6 Å². The molecule has 3 rings (SSSR count). The molecule has 0 fully saturated rings. The smallest absolute Gasteiger partial charge is 0.262 e. The van der Waals surface area contributed by atoms with Gasteiger partial charge in [-0.2, -0.15) is 15.0 Å². The van der Waals surface area contributed by atoms with Crippen LogP contribution >= 0.6 is 11.8 Å². The monoisotopic (exact) mass is 343 g/mol. The highest BCUT2D eigenvalue weighted by molar-refractivity contribution is 7.98. The lowest BCUT2D eigenvalue weighted by atomic mass is 10.2. The summed E-state index contributed by atoms with van der Waals surface area (Å²) in [5, 5.41) is 1.20. The Morgan fingerprint density at radius 1 is 1.08 bits per heavy atom. The van der Waals surface area contributed by atoms with E-state index in [0.717, 1.165) is 0 Å². The minimum Gasteiger partial charge on any atom is -0.368 e. The van der Waals surface area contributed by atoms with E-state index < -0.39 is 0 Å². The summed E-state index contributed by atoms with van der Waals surface area (Å²) in [6.07, 6.45) is 0. The highest BCUT2D eigenvalue weighted by Gasteiger charge is 2.14. The predicted molar refractivity (Wildman–Crippen MR) is 94.6 cm³/mol. The van der Waals surface area contributed by atoms with Gasteiger partial charge in [-0.05, 0) is 26.0 Å². The fourth-order valence-corrected chi connectivity index (χ4v) is 3.32. The van der Waals surface area contributed by atoms with E-state index in [-0.39, 0.29) is 23.5 Å². The van der Waals surface area contributed by atoms with E-state index in [2.05, 4.69) is 19.9 Å². The third kappa shape index (κ3) is 3.16. The van der Waals surface area contributed by atoms with E-state index in [1.165, 1.54) is 11.8 Å². The summed E-state index contributed by atoms with van der Waals surface area (Å²) in [5.74, 6) is 0.980. The first-order valence-corrected chi connectivity index (χ1v) is 8.34. The van der Waals surface area contributed by atoms with Crippen LogP contribution in [0.4, 0.5) is 11.9 Å². The van der Waals surface area contributed by atoms with Crippen molar-refractivity contribution in [3.63, 3.8) is 0 Å². The summed E-state index contributed by atoms with van der Waals surface area (Å²) in [7, 11) is 0. The molecule has 0 aliphatic heterocycles.